The lowest BCUT2D eigenvalue weighted by molar-refractivity contribution is -0.130. The molecule has 1 atom stereocenters. The third-order valence-corrected chi connectivity index (χ3v) is 5.15. The molecule has 10 heteroatoms. The lowest BCUT2D eigenvalue weighted by Gasteiger charge is -2.11. The second kappa shape index (κ2) is 11.7. The minimum absolute atomic E-state index is 0.154. The van der Waals surface area contributed by atoms with Crippen molar-refractivity contribution in [2.24, 2.45) is 0 Å². The van der Waals surface area contributed by atoms with Gasteiger partial charge in [-0.05, 0) is 55.3 Å². The van der Waals surface area contributed by atoms with Gasteiger partial charge in [0.2, 0.25) is 5.91 Å². The highest BCUT2D eigenvalue weighted by atomic mass is 35.5. The molecule has 3 amide bonds. The Morgan fingerprint density at radius 3 is 2.47 bits per heavy atom. The Morgan fingerprint density at radius 2 is 1.78 bits per heavy atom. The van der Waals surface area contributed by atoms with Gasteiger partial charge in [-0.3, -0.25) is 14.4 Å². The fraction of sp³-hybridized carbons (Fsp3) is 0.318. The Labute approximate surface area is 195 Å². The van der Waals surface area contributed by atoms with Crippen molar-refractivity contribution in [3.8, 4) is 5.75 Å². The topological polar surface area (TPSA) is 106 Å². The zero-order valence-electron chi connectivity index (χ0n) is 17.2. The van der Waals surface area contributed by atoms with Gasteiger partial charge in [0.25, 0.3) is 11.8 Å². The summed E-state index contributed by atoms with van der Waals surface area (Å²) in [5, 5.41) is 8.93. The SMILES string of the molecule is O=C(COc1ccc(Cl)cc1Cl)Nc1ccc(C(=O)NCCNC(=O)C2CCCO2)cc1. The van der Waals surface area contributed by atoms with E-state index in [9.17, 15) is 14.4 Å². The smallest absolute Gasteiger partial charge is 0.262 e. The summed E-state index contributed by atoms with van der Waals surface area (Å²) >= 11 is 11.8. The van der Waals surface area contributed by atoms with Crippen molar-refractivity contribution < 1.29 is 23.9 Å². The van der Waals surface area contributed by atoms with Crippen LogP contribution in [0.2, 0.25) is 10.0 Å². The van der Waals surface area contributed by atoms with Gasteiger partial charge in [0.1, 0.15) is 11.9 Å². The summed E-state index contributed by atoms with van der Waals surface area (Å²) in [5.41, 5.74) is 0.943. The number of ether oxygens (including phenoxy) is 2. The number of carbonyl (C=O) groups is 3. The quantitative estimate of drug-likeness (QED) is 0.479. The molecule has 0 saturated carbocycles. The molecule has 0 aliphatic carbocycles. The van der Waals surface area contributed by atoms with Crippen molar-refractivity contribution in [2.45, 2.75) is 18.9 Å². The number of nitrogens with one attached hydrogen (secondary N) is 3. The molecule has 1 saturated heterocycles. The number of hydrogen-bond donors (Lipinski definition) is 3. The predicted molar refractivity (Wildman–Crippen MR) is 121 cm³/mol. The molecule has 1 unspecified atom stereocenters. The van der Waals surface area contributed by atoms with Gasteiger partial charge in [-0.2, -0.15) is 0 Å². The monoisotopic (exact) mass is 479 g/mol. The van der Waals surface area contributed by atoms with E-state index in [-0.39, 0.29) is 30.4 Å². The van der Waals surface area contributed by atoms with Crippen LogP contribution < -0.4 is 20.7 Å². The number of carbonyl (C=O) groups excluding carboxylic acids is 3. The first-order valence-electron chi connectivity index (χ1n) is 10.1. The van der Waals surface area contributed by atoms with E-state index in [1.807, 2.05) is 0 Å². The van der Waals surface area contributed by atoms with Crippen LogP contribution >= 0.6 is 23.2 Å². The van der Waals surface area contributed by atoms with E-state index in [1.54, 1.807) is 36.4 Å². The molecule has 1 fully saturated rings. The van der Waals surface area contributed by atoms with Gasteiger partial charge in [-0.1, -0.05) is 23.2 Å². The maximum Gasteiger partial charge on any atom is 0.262 e. The van der Waals surface area contributed by atoms with Gasteiger partial charge in [0.05, 0.1) is 5.02 Å². The van der Waals surface area contributed by atoms with Gasteiger partial charge in [-0.25, -0.2) is 0 Å². The largest absolute Gasteiger partial charge is 0.482 e. The molecule has 0 spiro atoms. The number of rotatable bonds is 9. The zero-order chi connectivity index (χ0) is 22.9. The van der Waals surface area contributed by atoms with Crippen LogP contribution in [0.3, 0.4) is 0 Å². The fourth-order valence-electron chi connectivity index (χ4n) is 3.00. The van der Waals surface area contributed by atoms with Crippen molar-refractivity contribution in [1.29, 1.82) is 0 Å². The minimum Gasteiger partial charge on any atom is -0.482 e. The van der Waals surface area contributed by atoms with E-state index in [0.29, 0.717) is 46.7 Å². The molecule has 2 aromatic carbocycles. The molecule has 1 aliphatic heterocycles. The highest BCUT2D eigenvalue weighted by Gasteiger charge is 2.22. The first-order chi connectivity index (χ1) is 15.4. The molecule has 3 rings (SSSR count). The van der Waals surface area contributed by atoms with Crippen LogP contribution in [-0.4, -0.2) is 50.1 Å². The Balaban J connectivity index is 1.38. The zero-order valence-corrected chi connectivity index (χ0v) is 18.7. The van der Waals surface area contributed by atoms with E-state index in [1.165, 1.54) is 6.07 Å². The van der Waals surface area contributed by atoms with Gasteiger partial charge < -0.3 is 25.4 Å². The summed E-state index contributed by atoms with van der Waals surface area (Å²) in [5.74, 6) is -0.463. The van der Waals surface area contributed by atoms with E-state index < -0.39 is 0 Å². The van der Waals surface area contributed by atoms with Crippen LogP contribution in [0.4, 0.5) is 5.69 Å². The first kappa shape index (κ1) is 23.8. The number of benzene rings is 2. The lowest BCUT2D eigenvalue weighted by atomic mass is 10.2. The summed E-state index contributed by atoms with van der Waals surface area (Å²) in [7, 11) is 0. The van der Waals surface area contributed by atoms with E-state index in [4.69, 9.17) is 32.7 Å². The first-order valence-corrected chi connectivity index (χ1v) is 10.8. The van der Waals surface area contributed by atoms with Crippen LogP contribution in [0.25, 0.3) is 0 Å². The molecule has 0 bridgehead atoms. The molecule has 32 heavy (non-hydrogen) atoms. The number of anilines is 1. The lowest BCUT2D eigenvalue weighted by Crippen LogP contribution is -2.39. The summed E-state index contributed by atoms with van der Waals surface area (Å²) in [6.07, 6.45) is 1.22. The molecule has 0 radical (unpaired) electrons. The summed E-state index contributed by atoms with van der Waals surface area (Å²) < 4.78 is 10.7. The van der Waals surface area contributed by atoms with Gasteiger partial charge in [-0.15, -0.1) is 0 Å². The van der Waals surface area contributed by atoms with Crippen molar-refractivity contribution >= 4 is 46.6 Å². The molecular weight excluding hydrogens is 457 g/mol. The van der Waals surface area contributed by atoms with Crippen molar-refractivity contribution in [3.05, 3.63) is 58.1 Å². The second-order valence-corrected chi connectivity index (χ2v) is 7.88. The van der Waals surface area contributed by atoms with Crippen molar-refractivity contribution in [2.75, 3.05) is 31.6 Å². The fourth-order valence-corrected chi connectivity index (χ4v) is 3.46. The number of halogens is 2. The maximum absolute atomic E-state index is 12.2. The van der Waals surface area contributed by atoms with Gasteiger partial charge >= 0.3 is 0 Å². The van der Waals surface area contributed by atoms with E-state index in [0.717, 1.165) is 12.8 Å². The third kappa shape index (κ3) is 7.12. The Bertz CT molecular complexity index is 963. The predicted octanol–water partition coefficient (Wildman–Crippen LogP) is 3.04. The van der Waals surface area contributed by atoms with Crippen LogP contribution in [0, 0.1) is 0 Å². The molecule has 0 aromatic heterocycles. The van der Waals surface area contributed by atoms with Gasteiger partial charge in [0, 0.05) is 36.0 Å². The summed E-state index contributed by atoms with van der Waals surface area (Å²) in [6, 6.07) is 11.1. The number of amides is 3. The highest BCUT2D eigenvalue weighted by Crippen LogP contribution is 2.27. The summed E-state index contributed by atoms with van der Waals surface area (Å²) in [4.78, 5) is 36.1. The molecule has 170 valence electrons. The van der Waals surface area contributed by atoms with E-state index >= 15 is 0 Å². The summed E-state index contributed by atoms with van der Waals surface area (Å²) in [6.45, 7) is 0.979. The van der Waals surface area contributed by atoms with Crippen molar-refractivity contribution in [3.63, 3.8) is 0 Å². The number of hydrogen-bond acceptors (Lipinski definition) is 5. The Hall–Kier alpha value is -2.81. The highest BCUT2D eigenvalue weighted by molar-refractivity contribution is 6.35. The molecule has 1 aliphatic rings. The molecule has 2 aromatic rings. The van der Waals surface area contributed by atoms with Crippen LogP contribution in [0.1, 0.15) is 23.2 Å². The van der Waals surface area contributed by atoms with Crippen LogP contribution in [0.5, 0.6) is 5.75 Å². The normalized spacial score (nSPS) is 15.1. The maximum atomic E-state index is 12.2. The van der Waals surface area contributed by atoms with Crippen LogP contribution in [0.15, 0.2) is 42.5 Å². The molecule has 1 heterocycles. The van der Waals surface area contributed by atoms with E-state index in [2.05, 4.69) is 16.0 Å². The molecule has 8 nitrogen and oxygen atoms in total. The second-order valence-electron chi connectivity index (χ2n) is 7.04. The van der Waals surface area contributed by atoms with Crippen LogP contribution in [-0.2, 0) is 14.3 Å². The average molecular weight is 480 g/mol. The standard InChI is InChI=1S/C22H23Cl2N3O5/c23-15-5-8-18(17(24)12-15)32-13-20(28)27-16-6-3-14(4-7-16)21(29)25-9-10-26-22(30)19-2-1-11-31-19/h3-8,12,19H,1-2,9-11,13H2,(H,25,29)(H,26,30)(H,27,28). The Kier molecular flexibility index (Phi) is 8.72. The van der Waals surface area contributed by atoms with Crippen molar-refractivity contribution in [1.82, 2.24) is 10.6 Å². The Morgan fingerprint density at radius 1 is 1.03 bits per heavy atom. The van der Waals surface area contributed by atoms with Gasteiger partial charge in [0.15, 0.2) is 6.61 Å². The average Bonchev–Trinajstić information content (AvgIpc) is 3.31. The molecular formula is C22H23Cl2N3O5. The minimum atomic E-state index is -0.387. The third-order valence-electron chi connectivity index (χ3n) is 4.62. The molecule has 3 N–H and O–H groups in total.